The minimum atomic E-state index is -3.36. The van der Waals surface area contributed by atoms with Gasteiger partial charge in [0.2, 0.25) is 10.0 Å². The van der Waals surface area contributed by atoms with E-state index in [9.17, 15) is 13.2 Å². The van der Waals surface area contributed by atoms with Crippen molar-refractivity contribution < 1.29 is 17.9 Å². The molecule has 3 rings (SSSR count). The molecule has 1 aromatic heterocycles. The molecule has 1 aliphatic rings. The number of pyridine rings is 1. The Hall–Kier alpha value is -2.03. The average molecular weight is 363 g/mol. The number of amides is 1. The Morgan fingerprint density at radius 2 is 2.04 bits per heavy atom. The summed E-state index contributed by atoms with van der Waals surface area (Å²) in [6.45, 7) is 0.602. The molecule has 8 heteroatoms. The van der Waals surface area contributed by atoms with Gasteiger partial charge in [-0.05, 0) is 11.5 Å². The lowest BCUT2D eigenvalue weighted by atomic mass is 10.1. The summed E-state index contributed by atoms with van der Waals surface area (Å²) in [4.78, 5) is 16.9. The first-order valence-corrected chi connectivity index (χ1v) is 9.62. The molecule has 1 fully saturated rings. The highest BCUT2D eigenvalue weighted by molar-refractivity contribution is 7.89. The van der Waals surface area contributed by atoms with E-state index in [2.05, 4.69) is 10.3 Å². The van der Waals surface area contributed by atoms with Crippen molar-refractivity contribution in [2.45, 2.75) is 6.04 Å². The zero-order valence-electron chi connectivity index (χ0n) is 14.2. The van der Waals surface area contributed by atoms with Gasteiger partial charge in [0.1, 0.15) is 5.69 Å². The second kappa shape index (κ2) is 7.07. The monoisotopic (exact) mass is 363 g/mol. The third-order valence-corrected chi connectivity index (χ3v) is 6.35. The van der Waals surface area contributed by atoms with Crippen molar-refractivity contribution in [1.82, 2.24) is 14.6 Å². The Labute approximate surface area is 147 Å². The second-order valence-corrected chi connectivity index (χ2v) is 8.55. The summed E-state index contributed by atoms with van der Waals surface area (Å²) in [5.41, 5.74) is 0.333. The van der Waals surface area contributed by atoms with Gasteiger partial charge in [-0.2, -0.15) is 0 Å². The number of carbonyl (C=O) groups is 1. The molecule has 0 radical (unpaired) electrons. The van der Waals surface area contributed by atoms with E-state index < -0.39 is 10.0 Å². The SMILES string of the molecule is CN(C)S(=O)(=O)C[C@@H]1COC[C@@H]1NC(=O)c1nccc2ccccc12. The Bertz CT molecular complexity index is 877. The molecule has 2 aromatic rings. The number of carbonyl (C=O) groups excluding carboxylic acids is 1. The molecular weight excluding hydrogens is 342 g/mol. The molecule has 1 aromatic carbocycles. The zero-order chi connectivity index (χ0) is 18.0. The maximum absolute atomic E-state index is 12.7. The fourth-order valence-electron chi connectivity index (χ4n) is 2.88. The quantitative estimate of drug-likeness (QED) is 0.852. The van der Waals surface area contributed by atoms with E-state index in [1.807, 2.05) is 30.3 Å². The van der Waals surface area contributed by atoms with Crippen molar-refractivity contribution in [3.8, 4) is 0 Å². The largest absolute Gasteiger partial charge is 0.379 e. The molecule has 25 heavy (non-hydrogen) atoms. The number of ether oxygens (including phenoxy) is 1. The molecular formula is C17H21N3O4S. The zero-order valence-corrected chi connectivity index (χ0v) is 15.0. The summed E-state index contributed by atoms with van der Waals surface area (Å²) in [6.07, 6.45) is 1.59. The highest BCUT2D eigenvalue weighted by Gasteiger charge is 2.34. The van der Waals surface area contributed by atoms with Crippen molar-refractivity contribution in [3.05, 3.63) is 42.2 Å². The van der Waals surface area contributed by atoms with Crippen molar-refractivity contribution in [3.63, 3.8) is 0 Å². The summed E-state index contributed by atoms with van der Waals surface area (Å²) in [6, 6.07) is 9.00. The minimum absolute atomic E-state index is 0.0616. The van der Waals surface area contributed by atoms with Crippen LogP contribution in [0.1, 0.15) is 10.5 Å². The molecule has 0 spiro atoms. The first-order chi connectivity index (χ1) is 11.9. The summed E-state index contributed by atoms with van der Waals surface area (Å²) in [7, 11) is -0.366. The van der Waals surface area contributed by atoms with Crippen LogP contribution in [0, 0.1) is 5.92 Å². The standard InChI is InChI=1S/C17H21N3O4S/c1-20(2)25(22,23)11-13-9-24-10-15(13)19-17(21)16-14-6-4-3-5-12(14)7-8-18-16/h3-8,13,15H,9-11H2,1-2H3,(H,19,21)/t13-,15-/m0/s1. The van der Waals surface area contributed by atoms with Gasteiger partial charge in [-0.3, -0.25) is 9.78 Å². The summed E-state index contributed by atoms with van der Waals surface area (Å²) >= 11 is 0. The van der Waals surface area contributed by atoms with E-state index in [-0.39, 0.29) is 23.6 Å². The topological polar surface area (TPSA) is 88.6 Å². The number of aromatic nitrogens is 1. The maximum Gasteiger partial charge on any atom is 0.270 e. The summed E-state index contributed by atoms with van der Waals surface area (Å²) < 4.78 is 30.8. The van der Waals surface area contributed by atoms with E-state index in [0.29, 0.717) is 18.9 Å². The molecule has 2 heterocycles. The Morgan fingerprint density at radius 1 is 1.28 bits per heavy atom. The predicted octanol–water partition coefficient (Wildman–Crippen LogP) is 0.871. The molecule has 1 saturated heterocycles. The van der Waals surface area contributed by atoms with Gasteiger partial charge in [0, 0.05) is 31.6 Å². The van der Waals surface area contributed by atoms with Gasteiger partial charge in [-0.25, -0.2) is 12.7 Å². The second-order valence-electron chi connectivity index (χ2n) is 6.32. The summed E-state index contributed by atoms with van der Waals surface area (Å²) in [5.74, 6) is -0.667. The number of benzene rings is 1. The minimum Gasteiger partial charge on any atom is -0.379 e. The number of nitrogens with zero attached hydrogens (tertiary/aromatic N) is 2. The molecule has 134 valence electrons. The fraction of sp³-hybridized carbons (Fsp3) is 0.412. The Balaban J connectivity index is 1.78. The van der Waals surface area contributed by atoms with Crippen LogP contribution in [0.2, 0.25) is 0 Å². The first-order valence-electron chi connectivity index (χ1n) is 8.01. The van der Waals surface area contributed by atoms with E-state index in [0.717, 1.165) is 10.8 Å². The molecule has 0 aliphatic carbocycles. The molecule has 1 N–H and O–H groups in total. The van der Waals surface area contributed by atoms with Crippen LogP contribution in [-0.2, 0) is 14.8 Å². The first kappa shape index (κ1) is 17.8. The molecule has 1 aliphatic heterocycles. The van der Waals surface area contributed by atoms with E-state index in [1.165, 1.54) is 18.4 Å². The third kappa shape index (κ3) is 3.81. The number of fused-ring (bicyclic) bond motifs is 1. The molecule has 0 bridgehead atoms. The number of hydrogen-bond acceptors (Lipinski definition) is 5. The molecule has 1 amide bonds. The van der Waals surface area contributed by atoms with Crippen LogP contribution in [0.3, 0.4) is 0 Å². The number of hydrogen-bond donors (Lipinski definition) is 1. The average Bonchev–Trinajstić information content (AvgIpc) is 3.00. The van der Waals surface area contributed by atoms with Gasteiger partial charge < -0.3 is 10.1 Å². The van der Waals surface area contributed by atoms with Crippen LogP contribution in [-0.4, -0.2) is 62.7 Å². The molecule has 0 saturated carbocycles. The lowest BCUT2D eigenvalue weighted by molar-refractivity contribution is 0.0923. The normalized spacial score (nSPS) is 20.9. The fourth-order valence-corrected chi connectivity index (χ4v) is 4.05. The molecule has 2 atom stereocenters. The van der Waals surface area contributed by atoms with Crippen molar-refractivity contribution in [2.75, 3.05) is 33.1 Å². The smallest absolute Gasteiger partial charge is 0.270 e. The highest BCUT2D eigenvalue weighted by atomic mass is 32.2. The van der Waals surface area contributed by atoms with Gasteiger partial charge in [0.05, 0.1) is 25.0 Å². The van der Waals surface area contributed by atoms with Crippen LogP contribution < -0.4 is 5.32 Å². The number of sulfonamides is 1. The Morgan fingerprint density at radius 3 is 2.80 bits per heavy atom. The van der Waals surface area contributed by atoms with Gasteiger partial charge in [-0.1, -0.05) is 24.3 Å². The number of nitrogens with one attached hydrogen (secondary N) is 1. The van der Waals surface area contributed by atoms with Crippen molar-refractivity contribution >= 4 is 26.7 Å². The van der Waals surface area contributed by atoms with Crippen LogP contribution >= 0.6 is 0 Å². The van der Waals surface area contributed by atoms with Crippen LogP contribution in [0.15, 0.2) is 36.5 Å². The van der Waals surface area contributed by atoms with Gasteiger partial charge in [0.25, 0.3) is 5.91 Å². The van der Waals surface area contributed by atoms with Crippen LogP contribution in [0.5, 0.6) is 0 Å². The predicted molar refractivity (Wildman–Crippen MR) is 94.8 cm³/mol. The van der Waals surface area contributed by atoms with E-state index in [1.54, 1.807) is 6.20 Å². The van der Waals surface area contributed by atoms with Crippen molar-refractivity contribution in [2.24, 2.45) is 5.92 Å². The van der Waals surface area contributed by atoms with E-state index in [4.69, 9.17) is 4.74 Å². The van der Waals surface area contributed by atoms with Crippen molar-refractivity contribution in [1.29, 1.82) is 0 Å². The van der Waals surface area contributed by atoms with Gasteiger partial charge in [-0.15, -0.1) is 0 Å². The highest BCUT2D eigenvalue weighted by Crippen LogP contribution is 2.20. The summed E-state index contributed by atoms with van der Waals surface area (Å²) in [5, 5.41) is 4.58. The molecule has 7 nitrogen and oxygen atoms in total. The van der Waals surface area contributed by atoms with Gasteiger partial charge >= 0.3 is 0 Å². The Kier molecular flexibility index (Phi) is 5.03. The van der Waals surface area contributed by atoms with Crippen LogP contribution in [0.4, 0.5) is 0 Å². The lowest BCUT2D eigenvalue weighted by Crippen LogP contribution is -2.43. The maximum atomic E-state index is 12.7. The van der Waals surface area contributed by atoms with Crippen LogP contribution in [0.25, 0.3) is 10.8 Å². The molecule has 0 unspecified atom stereocenters. The lowest BCUT2D eigenvalue weighted by Gasteiger charge is -2.21. The number of rotatable bonds is 5. The van der Waals surface area contributed by atoms with E-state index >= 15 is 0 Å². The third-order valence-electron chi connectivity index (χ3n) is 4.38. The van der Waals surface area contributed by atoms with Gasteiger partial charge in [0.15, 0.2) is 0 Å².